The van der Waals surface area contributed by atoms with Gasteiger partial charge in [-0.3, -0.25) is 14.9 Å². The summed E-state index contributed by atoms with van der Waals surface area (Å²) in [4.78, 5) is 25.4. The van der Waals surface area contributed by atoms with E-state index < -0.39 is 10.7 Å². The van der Waals surface area contributed by atoms with Crippen molar-refractivity contribution < 1.29 is 18.6 Å². The minimum absolute atomic E-state index is 0.0429. The highest BCUT2D eigenvalue weighted by Crippen LogP contribution is 2.22. The number of non-ortho nitro benzene ring substituents is 1. The van der Waals surface area contributed by atoms with Crippen molar-refractivity contribution in [2.24, 2.45) is 0 Å². The van der Waals surface area contributed by atoms with Crippen LogP contribution in [0.25, 0.3) is 11.4 Å². The van der Waals surface area contributed by atoms with Gasteiger partial charge in [0, 0.05) is 30.3 Å². The molecule has 27 heavy (non-hydrogen) atoms. The van der Waals surface area contributed by atoms with E-state index in [0.717, 1.165) is 0 Å². The number of carbonyl (C=O) groups is 1. The molecule has 0 aliphatic carbocycles. The number of hydrogen-bond donors (Lipinski definition) is 2. The first kappa shape index (κ1) is 18.0. The molecule has 0 radical (unpaired) electrons. The summed E-state index contributed by atoms with van der Waals surface area (Å²) in [5, 5.41) is 19.9. The maximum Gasteiger partial charge on any atom is 0.269 e. The number of nitro groups is 1. The van der Waals surface area contributed by atoms with E-state index in [1.54, 1.807) is 0 Å². The van der Waals surface area contributed by atoms with E-state index in [0.29, 0.717) is 11.3 Å². The summed E-state index contributed by atoms with van der Waals surface area (Å²) in [6.45, 7) is 1.41. The molecular weight excluding hydrogens is 357 g/mol. The first-order chi connectivity index (χ1) is 12.9. The van der Waals surface area contributed by atoms with Crippen LogP contribution in [0.2, 0.25) is 0 Å². The van der Waals surface area contributed by atoms with Crippen LogP contribution in [0.5, 0.6) is 0 Å². The van der Waals surface area contributed by atoms with Crippen molar-refractivity contribution in [1.82, 2.24) is 10.1 Å². The van der Waals surface area contributed by atoms with Crippen LogP contribution in [0.4, 0.5) is 21.5 Å². The van der Waals surface area contributed by atoms with Gasteiger partial charge in [0.2, 0.25) is 17.6 Å². The Morgan fingerprint density at radius 2 is 2.00 bits per heavy atom. The molecule has 10 heteroatoms. The molecule has 0 aliphatic rings. The van der Waals surface area contributed by atoms with Crippen molar-refractivity contribution in [3.05, 3.63) is 64.3 Å². The van der Waals surface area contributed by atoms with Crippen molar-refractivity contribution in [2.45, 2.75) is 13.5 Å². The van der Waals surface area contributed by atoms with Crippen molar-refractivity contribution in [2.75, 3.05) is 10.6 Å². The Morgan fingerprint density at radius 1 is 1.26 bits per heavy atom. The molecule has 0 fully saturated rings. The predicted octanol–water partition coefficient (Wildman–Crippen LogP) is 3.35. The van der Waals surface area contributed by atoms with Gasteiger partial charge in [0.25, 0.3) is 5.69 Å². The third kappa shape index (κ3) is 4.42. The monoisotopic (exact) mass is 371 g/mol. The lowest BCUT2D eigenvalue weighted by molar-refractivity contribution is -0.384. The van der Waals surface area contributed by atoms with Gasteiger partial charge in [-0.25, -0.2) is 4.39 Å². The second-order valence-electron chi connectivity index (χ2n) is 5.55. The van der Waals surface area contributed by atoms with Crippen LogP contribution in [0.1, 0.15) is 12.8 Å². The molecule has 0 saturated heterocycles. The van der Waals surface area contributed by atoms with Crippen molar-refractivity contribution >= 4 is 23.0 Å². The first-order valence-electron chi connectivity index (χ1n) is 7.81. The SMILES string of the molecule is CC(=O)Nc1ccc(F)c(NCc2nc(-c3ccc([N+](=O)[O-])cc3)no2)c1. The number of halogens is 1. The molecule has 3 rings (SSSR count). The van der Waals surface area contributed by atoms with Crippen LogP contribution < -0.4 is 10.6 Å². The fourth-order valence-electron chi connectivity index (χ4n) is 2.29. The molecular formula is C17H14FN5O4. The predicted molar refractivity (Wildman–Crippen MR) is 94.4 cm³/mol. The number of benzene rings is 2. The number of anilines is 2. The molecule has 3 aromatic rings. The summed E-state index contributed by atoms with van der Waals surface area (Å²) in [7, 11) is 0. The molecule has 0 aliphatic heterocycles. The summed E-state index contributed by atoms with van der Waals surface area (Å²) >= 11 is 0. The summed E-state index contributed by atoms with van der Waals surface area (Å²) in [5.41, 5.74) is 1.12. The third-order valence-electron chi connectivity index (χ3n) is 3.52. The van der Waals surface area contributed by atoms with Crippen LogP contribution in [0, 0.1) is 15.9 Å². The van der Waals surface area contributed by atoms with E-state index in [4.69, 9.17) is 4.52 Å². The molecule has 9 nitrogen and oxygen atoms in total. The maximum absolute atomic E-state index is 13.9. The van der Waals surface area contributed by atoms with Crippen LogP contribution >= 0.6 is 0 Å². The van der Waals surface area contributed by atoms with E-state index in [9.17, 15) is 19.3 Å². The minimum atomic E-state index is -0.501. The van der Waals surface area contributed by atoms with Gasteiger partial charge in [0.1, 0.15) is 5.82 Å². The summed E-state index contributed by atoms with van der Waals surface area (Å²) < 4.78 is 19.0. The highest BCUT2D eigenvalue weighted by molar-refractivity contribution is 5.89. The van der Waals surface area contributed by atoms with Gasteiger partial charge in [-0.15, -0.1) is 0 Å². The van der Waals surface area contributed by atoms with Crippen LogP contribution in [-0.4, -0.2) is 21.0 Å². The van der Waals surface area contributed by atoms with Crippen LogP contribution in [-0.2, 0) is 11.3 Å². The van der Waals surface area contributed by atoms with Crippen molar-refractivity contribution in [3.63, 3.8) is 0 Å². The molecule has 138 valence electrons. The van der Waals surface area contributed by atoms with Crippen molar-refractivity contribution in [1.29, 1.82) is 0 Å². The Kier molecular flexibility index (Phi) is 5.06. The lowest BCUT2D eigenvalue weighted by Crippen LogP contribution is -2.07. The molecule has 1 aromatic heterocycles. The zero-order chi connectivity index (χ0) is 19.4. The highest BCUT2D eigenvalue weighted by Gasteiger charge is 2.12. The lowest BCUT2D eigenvalue weighted by atomic mass is 10.2. The summed E-state index contributed by atoms with van der Waals surface area (Å²) in [5.74, 6) is -0.307. The average Bonchev–Trinajstić information content (AvgIpc) is 3.11. The zero-order valence-electron chi connectivity index (χ0n) is 14.1. The molecule has 0 spiro atoms. The Bertz CT molecular complexity index is 987. The zero-order valence-corrected chi connectivity index (χ0v) is 14.1. The van der Waals surface area contributed by atoms with E-state index in [1.165, 1.54) is 49.4 Å². The molecule has 0 unspecified atom stereocenters. The molecule has 1 amide bonds. The molecule has 0 atom stereocenters. The first-order valence-corrected chi connectivity index (χ1v) is 7.81. The fraction of sp³-hybridized carbons (Fsp3) is 0.118. The molecule has 0 saturated carbocycles. The number of carbonyl (C=O) groups excluding carboxylic acids is 1. The molecule has 1 heterocycles. The number of nitrogens with zero attached hydrogens (tertiary/aromatic N) is 3. The van der Waals surface area contributed by atoms with Crippen LogP contribution in [0.3, 0.4) is 0 Å². The van der Waals surface area contributed by atoms with Gasteiger partial charge >= 0.3 is 0 Å². The van der Waals surface area contributed by atoms with Gasteiger partial charge < -0.3 is 15.2 Å². The summed E-state index contributed by atoms with van der Waals surface area (Å²) in [6, 6.07) is 9.82. The number of hydrogen-bond acceptors (Lipinski definition) is 7. The average molecular weight is 371 g/mol. The topological polar surface area (TPSA) is 123 Å². The number of nitrogens with one attached hydrogen (secondary N) is 2. The lowest BCUT2D eigenvalue weighted by Gasteiger charge is -2.08. The number of rotatable bonds is 6. The van der Waals surface area contributed by atoms with Gasteiger partial charge in [-0.2, -0.15) is 4.98 Å². The van der Waals surface area contributed by atoms with Gasteiger partial charge in [0.15, 0.2) is 0 Å². The van der Waals surface area contributed by atoms with Gasteiger partial charge in [0.05, 0.1) is 17.2 Å². The fourth-order valence-corrected chi connectivity index (χ4v) is 2.29. The maximum atomic E-state index is 13.9. The van der Waals surface area contributed by atoms with E-state index in [-0.39, 0.29) is 35.5 Å². The number of aromatic nitrogens is 2. The second kappa shape index (κ2) is 7.60. The standard InChI is InChI=1S/C17H14FN5O4/c1-10(24)20-12-4-7-14(18)15(8-12)19-9-16-21-17(22-27-16)11-2-5-13(6-3-11)23(25)26/h2-8,19H,9H2,1H3,(H,20,24). The second-order valence-corrected chi connectivity index (χ2v) is 5.55. The molecule has 2 N–H and O–H groups in total. The van der Waals surface area contributed by atoms with E-state index in [2.05, 4.69) is 20.8 Å². The molecule has 0 bridgehead atoms. The van der Waals surface area contributed by atoms with Crippen LogP contribution in [0.15, 0.2) is 47.0 Å². The smallest absolute Gasteiger partial charge is 0.269 e. The largest absolute Gasteiger partial charge is 0.374 e. The Hall–Kier alpha value is -3.82. The minimum Gasteiger partial charge on any atom is -0.374 e. The quantitative estimate of drug-likeness (QED) is 0.503. The third-order valence-corrected chi connectivity index (χ3v) is 3.52. The van der Waals surface area contributed by atoms with Gasteiger partial charge in [-0.1, -0.05) is 5.16 Å². The van der Waals surface area contributed by atoms with Gasteiger partial charge in [-0.05, 0) is 30.3 Å². The van der Waals surface area contributed by atoms with E-state index in [1.807, 2.05) is 0 Å². The Morgan fingerprint density at radius 3 is 2.67 bits per heavy atom. The van der Waals surface area contributed by atoms with Crippen molar-refractivity contribution in [3.8, 4) is 11.4 Å². The number of amides is 1. The highest BCUT2D eigenvalue weighted by atomic mass is 19.1. The normalized spacial score (nSPS) is 10.4. The Balaban J connectivity index is 1.69. The van der Waals surface area contributed by atoms with E-state index >= 15 is 0 Å². The Labute approximate surface area is 152 Å². The molecule has 2 aromatic carbocycles. The number of nitro benzene ring substituents is 1. The summed E-state index contributed by atoms with van der Waals surface area (Å²) in [6.07, 6.45) is 0.